The first-order valence-corrected chi connectivity index (χ1v) is 4.59. The molecule has 0 radical (unpaired) electrons. The zero-order valence-corrected chi connectivity index (χ0v) is 8.35. The van der Waals surface area contributed by atoms with E-state index in [0.29, 0.717) is 24.0 Å². The number of methoxy groups -OCH3 is 1. The minimum atomic E-state index is -0.192. The van der Waals surface area contributed by atoms with Gasteiger partial charge in [0.25, 0.3) is 5.91 Å². The number of ether oxygens (including phenoxy) is 1. The maximum Gasteiger partial charge on any atom is 0.281 e. The third kappa shape index (κ3) is 3.08. The van der Waals surface area contributed by atoms with Crippen LogP contribution in [-0.2, 0) is 4.74 Å². The Hall–Kier alpha value is -1.01. The quantitative estimate of drug-likeness (QED) is 0.708. The highest BCUT2D eigenvalue weighted by Gasteiger charge is 2.09. The summed E-state index contributed by atoms with van der Waals surface area (Å²) in [7, 11) is 1.58. The second kappa shape index (κ2) is 4.88. The molecule has 1 amide bonds. The van der Waals surface area contributed by atoms with Gasteiger partial charge in [-0.15, -0.1) is 0 Å². The van der Waals surface area contributed by atoms with E-state index < -0.39 is 0 Å². The smallest absolute Gasteiger partial charge is 0.281 e. The van der Waals surface area contributed by atoms with E-state index >= 15 is 0 Å². The first-order chi connectivity index (χ1) is 6.24. The van der Waals surface area contributed by atoms with Crippen LogP contribution in [0.4, 0.5) is 0 Å². The lowest BCUT2D eigenvalue weighted by Gasteiger charge is -1.99. The normalized spacial score (nSPS) is 10.0. The van der Waals surface area contributed by atoms with Gasteiger partial charge in [0.2, 0.25) is 5.01 Å². The largest absolute Gasteiger partial charge is 0.383 e. The number of rotatable bonds is 4. The highest BCUT2D eigenvalue weighted by atomic mass is 32.1. The molecule has 5 nitrogen and oxygen atoms in total. The lowest BCUT2D eigenvalue weighted by atomic mass is 10.5. The van der Waals surface area contributed by atoms with Crippen molar-refractivity contribution in [2.24, 2.45) is 0 Å². The molecule has 0 aliphatic heterocycles. The molecular weight excluding hydrogens is 190 g/mol. The molecule has 1 rings (SSSR count). The third-order valence-corrected chi connectivity index (χ3v) is 2.12. The van der Waals surface area contributed by atoms with Crippen LogP contribution >= 0.6 is 11.5 Å². The predicted octanol–water partition coefficient (Wildman–Crippen LogP) is 0.223. The molecule has 0 spiro atoms. The molecule has 6 heteroatoms. The van der Waals surface area contributed by atoms with Crippen LogP contribution in [0.15, 0.2) is 0 Å². The number of carbonyl (C=O) groups excluding carboxylic acids is 1. The molecule has 72 valence electrons. The molecule has 0 aliphatic carbocycles. The first kappa shape index (κ1) is 10.1. The van der Waals surface area contributed by atoms with Crippen molar-refractivity contribution in [3.05, 3.63) is 10.8 Å². The summed E-state index contributed by atoms with van der Waals surface area (Å²) in [6.07, 6.45) is 0. The zero-order valence-electron chi connectivity index (χ0n) is 7.53. The molecule has 0 atom stereocenters. The molecule has 0 bridgehead atoms. The fraction of sp³-hybridized carbons (Fsp3) is 0.571. The number of aryl methyl sites for hydroxylation is 1. The van der Waals surface area contributed by atoms with Crippen molar-refractivity contribution in [2.45, 2.75) is 6.92 Å². The molecule has 1 aromatic heterocycles. The van der Waals surface area contributed by atoms with Crippen molar-refractivity contribution in [3.8, 4) is 0 Å². The average Bonchev–Trinajstić information content (AvgIpc) is 2.52. The molecular formula is C7H11N3O2S. The molecule has 1 aromatic rings. The summed E-state index contributed by atoms with van der Waals surface area (Å²) in [5, 5.41) is 3.05. The average molecular weight is 201 g/mol. The van der Waals surface area contributed by atoms with E-state index in [-0.39, 0.29) is 5.91 Å². The SMILES string of the molecule is COCCNC(=O)c1nc(C)ns1. The molecule has 0 saturated carbocycles. The fourth-order valence-electron chi connectivity index (χ4n) is 0.732. The summed E-state index contributed by atoms with van der Waals surface area (Å²) in [5.41, 5.74) is 0. The van der Waals surface area contributed by atoms with Gasteiger partial charge in [-0.25, -0.2) is 4.98 Å². The van der Waals surface area contributed by atoms with Gasteiger partial charge in [-0.1, -0.05) is 0 Å². The van der Waals surface area contributed by atoms with Gasteiger partial charge in [-0.3, -0.25) is 4.79 Å². The van der Waals surface area contributed by atoms with Gasteiger partial charge in [0.1, 0.15) is 5.82 Å². The number of aromatic nitrogens is 2. The van der Waals surface area contributed by atoms with Crippen LogP contribution in [0, 0.1) is 6.92 Å². The number of nitrogens with one attached hydrogen (secondary N) is 1. The maximum absolute atomic E-state index is 11.3. The molecule has 0 aromatic carbocycles. The van der Waals surface area contributed by atoms with Crippen molar-refractivity contribution in [2.75, 3.05) is 20.3 Å². The molecule has 1 N–H and O–H groups in total. The third-order valence-electron chi connectivity index (χ3n) is 1.31. The van der Waals surface area contributed by atoms with Crippen LogP contribution in [0.1, 0.15) is 15.6 Å². The summed E-state index contributed by atoms with van der Waals surface area (Å²) in [6.45, 7) is 2.75. The number of amides is 1. The fourth-order valence-corrected chi connectivity index (χ4v) is 1.32. The van der Waals surface area contributed by atoms with Crippen LogP contribution in [0.25, 0.3) is 0 Å². The summed E-state index contributed by atoms with van der Waals surface area (Å²) in [5.74, 6) is 0.435. The van der Waals surface area contributed by atoms with Gasteiger partial charge in [0, 0.05) is 13.7 Å². The number of carbonyl (C=O) groups is 1. The standard InChI is InChI=1S/C7H11N3O2S/c1-5-9-7(13-10-5)6(11)8-3-4-12-2/h3-4H2,1-2H3,(H,8,11). The van der Waals surface area contributed by atoms with Crippen molar-refractivity contribution in [3.63, 3.8) is 0 Å². The Labute approximate surface area is 80.3 Å². The van der Waals surface area contributed by atoms with Crippen molar-refractivity contribution >= 4 is 17.4 Å². The molecule has 0 aliphatic rings. The Morgan fingerprint density at radius 3 is 3.00 bits per heavy atom. The van der Waals surface area contributed by atoms with E-state index in [9.17, 15) is 4.79 Å². The number of hydrogen-bond acceptors (Lipinski definition) is 5. The first-order valence-electron chi connectivity index (χ1n) is 3.81. The Bertz CT molecular complexity index is 287. The summed E-state index contributed by atoms with van der Waals surface area (Å²) < 4.78 is 8.69. The second-order valence-electron chi connectivity index (χ2n) is 2.40. The zero-order chi connectivity index (χ0) is 9.68. The van der Waals surface area contributed by atoms with E-state index in [1.54, 1.807) is 14.0 Å². The monoisotopic (exact) mass is 201 g/mol. The Morgan fingerprint density at radius 1 is 1.69 bits per heavy atom. The maximum atomic E-state index is 11.3. The van der Waals surface area contributed by atoms with Gasteiger partial charge in [0.05, 0.1) is 6.61 Å². The Kier molecular flexibility index (Phi) is 3.78. The van der Waals surface area contributed by atoms with Crippen LogP contribution in [0.5, 0.6) is 0 Å². The van der Waals surface area contributed by atoms with Gasteiger partial charge in [-0.2, -0.15) is 4.37 Å². The van der Waals surface area contributed by atoms with Gasteiger partial charge in [0.15, 0.2) is 0 Å². The van der Waals surface area contributed by atoms with Gasteiger partial charge in [-0.05, 0) is 18.5 Å². The van der Waals surface area contributed by atoms with E-state index in [1.807, 2.05) is 0 Å². The summed E-state index contributed by atoms with van der Waals surface area (Å²) in [4.78, 5) is 15.2. The lowest BCUT2D eigenvalue weighted by Crippen LogP contribution is -2.26. The number of hydrogen-bond donors (Lipinski definition) is 1. The molecule has 0 unspecified atom stereocenters. The summed E-state index contributed by atoms with van der Waals surface area (Å²) in [6, 6.07) is 0. The minimum Gasteiger partial charge on any atom is -0.383 e. The molecule has 0 fully saturated rings. The van der Waals surface area contributed by atoms with Crippen LogP contribution in [0.3, 0.4) is 0 Å². The van der Waals surface area contributed by atoms with Crippen LogP contribution < -0.4 is 5.32 Å². The van der Waals surface area contributed by atoms with Crippen molar-refractivity contribution in [1.82, 2.24) is 14.7 Å². The van der Waals surface area contributed by atoms with E-state index in [2.05, 4.69) is 14.7 Å². The Balaban J connectivity index is 2.40. The van der Waals surface area contributed by atoms with E-state index in [4.69, 9.17) is 4.74 Å². The van der Waals surface area contributed by atoms with E-state index in [0.717, 1.165) is 11.5 Å². The second-order valence-corrected chi connectivity index (χ2v) is 3.15. The highest BCUT2D eigenvalue weighted by Crippen LogP contribution is 2.02. The van der Waals surface area contributed by atoms with E-state index in [1.165, 1.54) is 0 Å². The minimum absolute atomic E-state index is 0.192. The van der Waals surface area contributed by atoms with Gasteiger partial charge < -0.3 is 10.1 Å². The van der Waals surface area contributed by atoms with Crippen LogP contribution in [0.2, 0.25) is 0 Å². The van der Waals surface area contributed by atoms with Crippen LogP contribution in [-0.4, -0.2) is 35.5 Å². The predicted molar refractivity (Wildman–Crippen MR) is 48.9 cm³/mol. The molecule has 13 heavy (non-hydrogen) atoms. The lowest BCUT2D eigenvalue weighted by molar-refractivity contribution is 0.0936. The topological polar surface area (TPSA) is 64.1 Å². The van der Waals surface area contributed by atoms with Crippen molar-refractivity contribution < 1.29 is 9.53 Å². The molecule has 1 heterocycles. The Morgan fingerprint density at radius 2 is 2.46 bits per heavy atom. The highest BCUT2D eigenvalue weighted by molar-refractivity contribution is 7.07. The van der Waals surface area contributed by atoms with Gasteiger partial charge >= 0.3 is 0 Å². The molecule has 0 saturated heterocycles. The van der Waals surface area contributed by atoms with Crippen molar-refractivity contribution in [1.29, 1.82) is 0 Å². The summed E-state index contributed by atoms with van der Waals surface area (Å²) >= 11 is 1.10. The number of nitrogens with zero attached hydrogens (tertiary/aromatic N) is 2.